The van der Waals surface area contributed by atoms with E-state index in [-0.39, 0.29) is 5.91 Å². The first kappa shape index (κ1) is 8.05. The van der Waals surface area contributed by atoms with Crippen LogP contribution in [0.1, 0.15) is 20.8 Å². The highest BCUT2D eigenvalue weighted by molar-refractivity contribution is 5.97. The molecule has 1 rings (SSSR count). The van der Waals surface area contributed by atoms with Gasteiger partial charge in [0.25, 0.3) is 5.91 Å². The van der Waals surface area contributed by atoms with Crippen LogP contribution in [-0.2, 0) is 4.79 Å². The minimum absolute atomic E-state index is 0.0249. The molecule has 1 heterocycles. The largest absolute Gasteiger partial charge is 0.323 e. The molecule has 1 N–H and O–H groups in total. The van der Waals surface area contributed by atoms with Gasteiger partial charge in [0.15, 0.2) is 0 Å². The number of rotatable bonds is 1. The van der Waals surface area contributed by atoms with Crippen molar-refractivity contribution in [1.82, 2.24) is 5.32 Å². The molecule has 0 saturated heterocycles. The fraction of sp³-hybridized carbons (Fsp3) is 0.444. The summed E-state index contributed by atoms with van der Waals surface area (Å²) in [5.41, 5.74) is 1.72. The molecule has 2 heteroatoms. The van der Waals surface area contributed by atoms with Crippen LogP contribution < -0.4 is 5.32 Å². The van der Waals surface area contributed by atoms with Crippen molar-refractivity contribution >= 4 is 5.91 Å². The van der Waals surface area contributed by atoms with E-state index < -0.39 is 0 Å². The van der Waals surface area contributed by atoms with Gasteiger partial charge in [-0.2, -0.15) is 0 Å². The highest BCUT2D eigenvalue weighted by Crippen LogP contribution is 2.11. The average molecular weight is 151 g/mol. The Balaban J connectivity index is 2.75. The van der Waals surface area contributed by atoms with Crippen molar-refractivity contribution in [3.05, 3.63) is 23.4 Å². The second kappa shape index (κ2) is 2.91. The Morgan fingerprint density at radius 1 is 1.55 bits per heavy atom. The molecule has 0 aromatic heterocycles. The average Bonchev–Trinajstić information content (AvgIpc) is 2.10. The Bertz CT molecular complexity index is 236. The van der Waals surface area contributed by atoms with Gasteiger partial charge < -0.3 is 5.32 Å². The normalized spacial score (nSPS) is 20.9. The maximum Gasteiger partial charge on any atom is 0.251 e. The third-order valence-electron chi connectivity index (χ3n) is 1.50. The Kier molecular flexibility index (Phi) is 2.13. The lowest BCUT2D eigenvalue weighted by Crippen LogP contribution is -2.15. The molecule has 0 atom stereocenters. The van der Waals surface area contributed by atoms with Gasteiger partial charge in [0.1, 0.15) is 0 Å². The van der Waals surface area contributed by atoms with Gasteiger partial charge in [-0.3, -0.25) is 4.79 Å². The number of allylic oxidation sites excluding steroid dienone is 2. The van der Waals surface area contributed by atoms with Gasteiger partial charge in [-0.1, -0.05) is 19.9 Å². The zero-order chi connectivity index (χ0) is 8.43. The van der Waals surface area contributed by atoms with Crippen LogP contribution in [0.3, 0.4) is 0 Å². The first-order chi connectivity index (χ1) is 5.09. The summed E-state index contributed by atoms with van der Waals surface area (Å²) < 4.78 is 0. The predicted octanol–water partition coefficient (Wildman–Crippen LogP) is 1.60. The van der Waals surface area contributed by atoms with E-state index in [1.165, 1.54) is 0 Å². The molecule has 0 spiro atoms. The second-order valence-corrected chi connectivity index (χ2v) is 3.15. The van der Waals surface area contributed by atoms with Crippen LogP contribution in [0.2, 0.25) is 0 Å². The summed E-state index contributed by atoms with van der Waals surface area (Å²) in [6.07, 6.45) is 3.91. The third-order valence-corrected chi connectivity index (χ3v) is 1.50. The standard InChI is InChI=1S/C9H13NO/c1-6(2)4-8-5-7(3)9(11)10-8/h4-6H,1-3H3,(H,10,11)/b8-4+. The van der Waals surface area contributed by atoms with Crippen LogP contribution in [0.15, 0.2) is 23.4 Å². The molecule has 60 valence electrons. The number of carbonyl (C=O) groups excluding carboxylic acids is 1. The van der Waals surface area contributed by atoms with Crippen molar-refractivity contribution in [2.24, 2.45) is 5.92 Å². The molecule has 0 radical (unpaired) electrons. The van der Waals surface area contributed by atoms with Crippen molar-refractivity contribution in [2.45, 2.75) is 20.8 Å². The molecule has 2 nitrogen and oxygen atoms in total. The predicted molar refractivity (Wildman–Crippen MR) is 44.8 cm³/mol. The molecule has 1 amide bonds. The molecule has 0 aromatic carbocycles. The first-order valence-corrected chi connectivity index (χ1v) is 3.81. The summed E-state index contributed by atoms with van der Waals surface area (Å²) in [7, 11) is 0. The summed E-state index contributed by atoms with van der Waals surface area (Å²) >= 11 is 0. The topological polar surface area (TPSA) is 29.1 Å². The lowest BCUT2D eigenvalue weighted by atomic mass is 10.2. The number of carbonyl (C=O) groups is 1. The van der Waals surface area contributed by atoms with E-state index in [0.29, 0.717) is 5.92 Å². The summed E-state index contributed by atoms with van der Waals surface area (Å²) in [6, 6.07) is 0. The molecule has 0 bridgehead atoms. The molecule has 0 unspecified atom stereocenters. The van der Waals surface area contributed by atoms with E-state index in [1.54, 1.807) is 0 Å². The van der Waals surface area contributed by atoms with E-state index in [1.807, 2.05) is 19.1 Å². The van der Waals surface area contributed by atoms with Crippen LogP contribution in [-0.4, -0.2) is 5.91 Å². The number of nitrogens with one attached hydrogen (secondary N) is 1. The van der Waals surface area contributed by atoms with Crippen LogP contribution in [0, 0.1) is 5.92 Å². The Labute approximate surface area is 67.0 Å². The molecule has 0 saturated carbocycles. The Morgan fingerprint density at radius 3 is 2.55 bits per heavy atom. The number of amides is 1. The lowest BCUT2D eigenvalue weighted by molar-refractivity contribution is -0.116. The fourth-order valence-corrected chi connectivity index (χ4v) is 1.01. The van der Waals surface area contributed by atoms with Gasteiger partial charge in [0, 0.05) is 11.3 Å². The SMILES string of the molecule is CC1=C/C(=C\C(C)C)NC1=O. The minimum atomic E-state index is 0.0249. The van der Waals surface area contributed by atoms with Crippen LogP contribution in [0.4, 0.5) is 0 Å². The van der Waals surface area contributed by atoms with Gasteiger partial charge >= 0.3 is 0 Å². The van der Waals surface area contributed by atoms with E-state index in [0.717, 1.165) is 11.3 Å². The molecule has 0 aromatic rings. The smallest absolute Gasteiger partial charge is 0.251 e. The van der Waals surface area contributed by atoms with E-state index in [9.17, 15) is 4.79 Å². The first-order valence-electron chi connectivity index (χ1n) is 3.81. The van der Waals surface area contributed by atoms with Gasteiger partial charge in [-0.15, -0.1) is 0 Å². The van der Waals surface area contributed by atoms with E-state index in [2.05, 4.69) is 19.2 Å². The number of hydrogen-bond donors (Lipinski definition) is 1. The van der Waals surface area contributed by atoms with Crippen LogP contribution in [0.5, 0.6) is 0 Å². The maximum atomic E-state index is 10.9. The molecular weight excluding hydrogens is 138 g/mol. The highest BCUT2D eigenvalue weighted by Gasteiger charge is 2.13. The summed E-state index contributed by atoms with van der Waals surface area (Å²) in [5, 5.41) is 2.76. The summed E-state index contributed by atoms with van der Waals surface area (Å²) in [5.74, 6) is 0.504. The van der Waals surface area contributed by atoms with Crippen LogP contribution >= 0.6 is 0 Å². The van der Waals surface area contributed by atoms with Gasteiger partial charge in [-0.25, -0.2) is 0 Å². The summed E-state index contributed by atoms with van der Waals surface area (Å²) in [6.45, 7) is 5.98. The molecule has 0 fully saturated rings. The summed E-state index contributed by atoms with van der Waals surface area (Å²) in [4.78, 5) is 10.9. The third kappa shape index (κ3) is 1.93. The molecule has 1 aliphatic rings. The molecule has 0 aliphatic carbocycles. The van der Waals surface area contributed by atoms with Crippen molar-refractivity contribution in [2.75, 3.05) is 0 Å². The molecule has 1 aliphatic heterocycles. The quantitative estimate of drug-likeness (QED) is 0.606. The van der Waals surface area contributed by atoms with Gasteiger partial charge in [0.2, 0.25) is 0 Å². The fourth-order valence-electron chi connectivity index (χ4n) is 1.01. The lowest BCUT2D eigenvalue weighted by Gasteiger charge is -1.98. The zero-order valence-corrected chi connectivity index (χ0v) is 7.14. The Morgan fingerprint density at radius 2 is 2.18 bits per heavy atom. The van der Waals surface area contributed by atoms with Crippen molar-refractivity contribution in [3.63, 3.8) is 0 Å². The van der Waals surface area contributed by atoms with Crippen molar-refractivity contribution in [3.8, 4) is 0 Å². The minimum Gasteiger partial charge on any atom is -0.323 e. The maximum absolute atomic E-state index is 10.9. The van der Waals surface area contributed by atoms with Gasteiger partial charge in [0.05, 0.1) is 0 Å². The number of hydrogen-bond acceptors (Lipinski definition) is 1. The molecule has 11 heavy (non-hydrogen) atoms. The molecular formula is C9H13NO. The highest BCUT2D eigenvalue weighted by atomic mass is 16.1. The van der Waals surface area contributed by atoms with Crippen molar-refractivity contribution in [1.29, 1.82) is 0 Å². The zero-order valence-electron chi connectivity index (χ0n) is 7.14. The van der Waals surface area contributed by atoms with E-state index >= 15 is 0 Å². The Hall–Kier alpha value is -1.05. The van der Waals surface area contributed by atoms with Gasteiger partial charge in [-0.05, 0) is 18.9 Å². The monoisotopic (exact) mass is 151 g/mol. The second-order valence-electron chi connectivity index (χ2n) is 3.15. The van der Waals surface area contributed by atoms with Crippen LogP contribution in [0.25, 0.3) is 0 Å². The van der Waals surface area contributed by atoms with E-state index in [4.69, 9.17) is 0 Å². The van der Waals surface area contributed by atoms with Crippen molar-refractivity contribution < 1.29 is 4.79 Å².